The van der Waals surface area contributed by atoms with Gasteiger partial charge in [-0.2, -0.15) is 0 Å². The maximum absolute atomic E-state index is 14.0. The third kappa shape index (κ3) is 4.04. The molecular formula is C27H26BrN3O3S. The van der Waals surface area contributed by atoms with E-state index in [1.165, 1.54) is 0 Å². The third-order valence-electron chi connectivity index (χ3n) is 6.69. The van der Waals surface area contributed by atoms with Gasteiger partial charge in [0.2, 0.25) is 5.91 Å². The van der Waals surface area contributed by atoms with Crippen molar-refractivity contribution >= 4 is 50.5 Å². The summed E-state index contributed by atoms with van der Waals surface area (Å²) in [4.78, 5) is 15.9. The van der Waals surface area contributed by atoms with Gasteiger partial charge in [-0.25, -0.2) is 0 Å². The van der Waals surface area contributed by atoms with Gasteiger partial charge in [-0.1, -0.05) is 39.7 Å². The molecule has 6 nitrogen and oxygen atoms in total. The first kappa shape index (κ1) is 23.6. The smallest absolute Gasteiger partial charge is 0.236 e. The van der Waals surface area contributed by atoms with Gasteiger partial charge >= 0.3 is 0 Å². The van der Waals surface area contributed by atoms with Crippen LogP contribution in [0.1, 0.15) is 29.7 Å². The lowest BCUT2D eigenvalue weighted by molar-refractivity contribution is -0.130. The average Bonchev–Trinajstić information content (AvgIpc) is 2.80. The average molecular weight is 552 g/mol. The van der Waals surface area contributed by atoms with Crippen molar-refractivity contribution in [2.75, 3.05) is 17.3 Å². The monoisotopic (exact) mass is 551 g/mol. The van der Waals surface area contributed by atoms with Crippen molar-refractivity contribution in [2.24, 2.45) is 5.92 Å². The number of amides is 1. The first-order valence-electron chi connectivity index (χ1n) is 11.3. The number of thiocarbonyl (C=S) groups is 1. The van der Waals surface area contributed by atoms with Gasteiger partial charge in [-0.05, 0) is 81.0 Å². The molecule has 0 unspecified atom stereocenters. The number of fused-ring (bicyclic) bond motifs is 4. The van der Waals surface area contributed by atoms with E-state index >= 15 is 0 Å². The fourth-order valence-electron chi connectivity index (χ4n) is 5.06. The van der Waals surface area contributed by atoms with Gasteiger partial charge in [-0.15, -0.1) is 0 Å². The number of anilines is 2. The van der Waals surface area contributed by atoms with E-state index in [1.807, 2.05) is 80.3 Å². The molecule has 3 aromatic carbocycles. The van der Waals surface area contributed by atoms with Gasteiger partial charge in [0, 0.05) is 21.4 Å². The number of rotatable bonds is 4. The molecule has 3 atom stereocenters. The minimum absolute atomic E-state index is 0.159. The molecule has 8 heteroatoms. The van der Waals surface area contributed by atoms with E-state index in [0.717, 1.165) is 32.5 Å². The van der Waals surface area contributed by atoms with Crippen LogP contribution in [0.4, 0.5) is 11.4 Å². The van der Waals surface area contributed by atoms with Gasteiger partial charge in [0.25, 0.3) is 0 Å². The van der Waals surface area contributed by atoms with E-state index < -0.39 is 17.7 Å². The molecule has 1 amide bonds. The number of benzene rings is 3. The van der Waals surface area contributed by atoms with E-state index in [2.05, 4.69) is 32.6 Å². The van der Waals surface area contributed by atoms with Crippen LogP contribution in [-0.4, -0.2) is 23.9 Å². The van der Waals surface area contributed by atoms with Crippen molar-refractivity contribution in [3.8, 4) is 11.5 Å². The topological polar surface area (TPSA) is 62.8 Å². The summed E-state index contributed by atoms with van der Waals surface area (Å²) in [5, 5.41) is 7.07. The molecule has 0 aromatic heterocycles. The first-order valence-corrected chi connectivity index (χ1v) is 12.5. The maximum Gasteiger partial charge on any atom is 0.236 e. The number of nitrogens with zero attached hydrogens (tertiary/aromatic N) is 1. The third-order valence-corrected chi connectivity index (χ3v) is 7.49. The summed E-state index contributed by atoms with van der Waals surface area (Å²) in [6.07, 6.45) is 0. The fraction of sp³-hybridized carbons (Fsp3) is 0.259. The first-order chi connectivity index (χ1) is 16.7. The molecule has 5 rings (SSSR count). The minimum Gasteiger partial charge on any atom is -0.497 e. The van der Waals surface area contributed by atoms with Crippen LogP contribution in [0.3, 0.4) is 0 Å². The van der Waals surface area contributed by atoms with Crippen molar-refractivity contribution in [3.05, 3.63) is 81.8 Å². The zero-order chi connectivity index (χ0) is 24.9. The summed E-state index contributed by atoms with van der Waals surface area (Å²) >= 11 is 9.38. The second-order valence-electron chi connectivity index (χ2n) is 9.09. The Labute approximate surface area is 218 Å². The van der Waals surface area contributed by atoms with Crippen molar-refractivity contribution in [1.82, 2.24) is 5.32 Å². The molecule has 0 aliphatic carbocycles. The van der Waals surface area contributed by atoms with Crippen LogP contribution in [0.25, 0.3) is 0 Å². The van der Waals surface area contributed by atoms with Crippen LogP contribution >= 0.6 is 28.1 Å². The molecule has 1 fully saturated rings. The van der Waals surface area contributed by atoms with Gasteiger partial charge in [0.1, 0.15) is 17.4 Å². The highest BCUT2D eigenvalue weighted by atomic mass is 79.9. The van der Waals surface area contributed by atoms with E-state index in [0.29, 0.717) is 16.6 Å². The highest BCUT2D eigenvalue weighted by molar-refractivity contribution is 9.10. The van der Waals surface area contributed by atoms with E-state index in [4.69, 9.17) is 21.7 Å². The number of hydrogen-bond acceptors (Lipinski definition) is 4. The second-order valence-corrected chi connectivity index (χ2v) is 10.4. The predicted molar refractivity (Wildman–Crippen MR) is 145 cm³/mol. The summed E-state index contributed by atoms with van der Waals surface area (Å²) < 4.78 is 13.0. The Morgan fingerprint density at radius 1 is 1.17 bits per heavy atom. The number of methoxy groups -OCH3 is 1. The van der Waals surface area contributed by atoms with Crippen molar-refractivity contribution in [3.63, 3.8) is 0 Å². The number of ether oxygens (including phenoxy) is 2. The molecule has 2 aliphatic heterocycles. The normalized spacial score (nSPS) is 22.5. The Morgan fingerprint density at radius 2 is 1.97 bits per heavy atom. The highest BCUT2D eigenvalue weighted by Crippen LogP contribution is 2.50. The van der Waals surface area contributed by atoms with Crippen LogP contribution < -0.4 is 25.0 Å². The number of aryl methyl sites for hydroxylation is 2. The summed E-state index contributed by atoms with van der Waals surface area (Å²) in [5.41, 5.74) is 3.48. The van der Waals surface area contributed by atoms with E-state index in [-0.39, 0.29) is 5.91 Å². The van der Waals surface area contributed by atoms with E-state index in [1.54, 1.807) is 7.11 Å². The Bertz CT molecular complexity index is 1350. The Balaban J connectivity index is 1.64. The summed E-state index contributed by atoms with van der Waals surface area (Å²) in [5.74, 6) is 0.580. The second kappa shape index (κ2) is 8.84. The molecule has 180 valence electrons. The largest absolute Gasteiger partial charge is 0.497 e. The molecule has 0 spiro atoms. The molecule has 3 aromatic rings. The number of halogens is 1. The quantitative estimate of drug-likeness (QED) is 0.395. The van der Waals surface area contributed by atoms with Gasteiger partial charge in [0.15, 0.2) is 10.8 Å². The SMILES string of the molecule is COc1ccc2c(c1)[C@H]1NC(=S)N(c3cccc(Br)c3)[C@@](C)(O2)[C@@H]1C(=O)Nc1ccc(C)cc1C. The number of hydrogen-bond donors (Lipinski definition) is 2. The minimum atomic E-state index is -1.09. The molecule has 2 heterocycles. The highest BCUT2D eigenvalue weighted by Gasteiger charge is 2.59. The fourth-order valence-corrected chi connectivity index (χ4v) is 5.86. The van der Waals surface area contributed by atoms with Crippen LogP contribution in [-0.2, 0) is 4.79 Å². The lowest BCUT2D eigenvalue weighted by atomic mass is 9.78. The number of carbonyl (C=O) groups is 1. The Kier molecular flexibility index (Phi) is 5.97. The molecule has 0 radical (unpaired) electrons. The Morgan fingerprint density at radius 3 is 2.69 bits per heavy atom. The van der Waals surface area contributed by atoms with Gasteiger partial charge in [-0.3, -0.25) is 9.69 Å². The predicted octanol–water partition coefficient (Wildman–Crippen LogP) is 5.87. The van der Waals surface area contributed by atoms with Crippen LogP contribution in [0.15, 0.2) is 65.1 Å². The zero-order valence-corrected chi connectivity index (χ0v) is 22.3. The molecule has 2 N–H and O–H groups in total. The zero-order valence-electron chi connectivity index (χ0n) is 19.9. The molecule has 0 saturated carbocycles. The molecule has 2 aliphatic rings. The van der Waals surface area contributed by atoms with E-state index in [9.17, 15) is 4.79 Å². The van der Waals surface area contributed by atoms with Crippen LogP contribution in [0, 0.1) is 19.8 Å². The maximum atomic E-state index is 14.0. The molecule has 35 heavy (non-hydrogen) atoms. The van der Waals surface area contributed by atoms with Crippen LogP contribution in [0.2, 0.25) is 0 Å². The number of nitrogens with one attached hydrogen (secondary N) is 2. The molecule has 2 bridgehead atoms. The van der Waals surface area contributed by atoms with Crippen LogP contribution in [0.5, 0.6) is 11.5 Å². The van der Waals surface area contributed by atoms with Gasteiger partial charge < -0.3 is 20.1 Å². The van der Waals surface area contributed by atoms with Gasteiger partial charge in [0.05, 0.1) is 13.2 Å². The van der Waals surface area contributed by atoms with Crippen molar-refractivity contribution < 1.29 is 14.3 Å². The molecular weight excluding hydrogens is 526 g/mol. The lowest BCUT2D eigenvalue weighted by Crippen LogP contribution is -2.72. The lowest BCUT2D eigenvalue weighted by Gasteiger charge is -2.56. The summed E-state index contributed by atoms with van der Waals surface area (Å²) in [6.45, 7) is 5.95. The Hall–Kier alpha value is -3.10. The van der Waals surface area contributed by atoms with Crippen molar-refractivity contribution in [1.29, 1.82) is 0 Å². The molecule has 1 saturated heterocycles. The summed E-state index contributed by atoms with van der Waals surface area (Å²) in [6, 6.07) is 19.0. The number of carbonyl (C=O) groups excluding carboxylic acids is 1. The van der Waals surface area contributed by atoms with Crippen molar-refractivity contribution in [2.45, 2.75) is 32.5 Å². The summed E-state index contributed by atoms with van der Waals surface area (Å²) in [7, 11) is 1.62. The standard InChI is InChI=1S/C27H26BrN3O3S/c1-15-8-10-21(16(2)12-15)29-25(32)23-24-20-14-19(33-4)9-11-22(20)34-27(23,3)31(26(35)30-24)18-7-5-6-17(28)13-18/h5-14,23-24H,1-4H3,(H,29,32)(H,30,35)/t23-,24+,27-/m0/s1.